The zero-order chi connectivity index (χ0) is 17.8. The molecule has 1 atom stereocenters. The number of hydrogen-bond acceptors (Lipinski definition) is 3. The number of carbonyl (C=O) groups excluding carboxylic acids is 1. The molecule has 1 aromatic carbocycles. The van der Waals surface area contributed by atoms with Crippen LogP contribution in [-0.2, 0) is 7.05 Å². The highest BCUT2D eigenvalue weighted by atomic mass is 16.2. The number of aryl methyl sites for hydroxylation is 2. The molecule has 0 unspecified atom stereocenters. The number of rotatable bonds is 5. The smallest absolute Gasteiger partial charge is 0.257 e. The highest BCUT2D eigenvalue weighted by molar-refractivity contribution is 5.94. The van der Waals surface area contributed by atoms with Gasteiger partial charge in [-0.05, 0) is 31.0 Å². The molecule has 0 fully saturated rings. The third-order valence-electron chi connectivity index (χ3n) is 4.26. The molecule has 25 heavy (non-hydrogen) atoms. The van der Waals surface area contributed by atoms with Crippen molar-refractivity contribution in [2.75, 3.05) is 6.54 Å². The minimum absolute atomic E-state index is 0.0370. The first-order chi connectivity index (χ1) is 12.1. The molecular formula is C20H22N4O. The van der Waals surface area contributed by atoms with E-state index in [2.05, 4.69) is 41.3 Å². The van der Waals surface area contributed by atoms with Crippen LogP contribution in [0.3, 0.4) is 0 Å². The summed E-state index contributed by atoms with van der Waals surface area (Å²) in [6.45, 7) is 4.63. The number of hydrogen-bond donors (Lipinski definition) is 0. The molecule has 0 radical (unpaired) electrons. The lowest BCUT2D eigenvalue weighted by molar-refractivity contribution is 0.0717. The molecule has 2 aromatic heterocycles. The monoisotopic (exact) mass is 334 g/mol. The summed E-state index contributed by atoms with van der Waals surface area (Å²) < 4.78 is 1.64. The Hall–Kier alpha value is -2.95. The largest absolute Gasteiger partial charge is 0.328 e. The van der Waals surface area contributed by atoms with Crippen molar-refractivity contribution < 1.29 is 4.79 Å². The average molecular weight is 334 g/mol. The summed E-state index contributed by atoms with van der Waals surface area (Å²) in [6, 6.07) is 12.0. The maximum atomic E-state index is 13.1. The summed E-state index contributed by atoms with van der Waals surface area (Å²) in [5.41, 5.74) is 3.84. The fourth-order valence-corrected chi connectivity index (χ4v) is 2.98. The van der Waals surface area contributed by atoms with Crippen molar-refractivity contribution in [2.24, 2.45) is 7.05 Å². The van der Waals surface area contributed by atoms with Crippen LogP contribution in [0, 0.1) is 6.92 Å². The first-order valence-corrected chi connectivity index (χ1v) is 8.36. The quantitative estimate of drug-likeness (QED) is 0.719. The van der Waals surface area contributed by atoms with Crippen molar-refractivity contribution in [1.29, 1.82) is 0 Å². The Morgan fingerprint density at radius 2 is 1.92 bits per heavy atom. The lowest BCUT2D eigenvalue weighted by Gasteiger charge is -2.31. The van der Waals surface area contributed by atoms with Crippen LogP contribution < -0.4 is 0 Å². The second-order valence-corrected chi connectivity index (χ2v) is 6.09. The summed E-state index contributed by atoms with van der Waals surface area (Å²) in [5.74, 6) is -0.0370. The lowest BCUT2D eigenvalue weighted by atomic mass is 9.97. The maximum absolute atomic E-state index is 13.1. The Balaban J connectivity index is 2.05. The molecule has 3 rings (SSSR count). The van der Waals surface area contributed by atoms with E-state index < -0.39 is 0 Å². The van der Waals surface area contributed by atoms with Gasteiger partial charge in [0.15, 0.2) is 0 Å². The fourth-order valence-electron chi connectivity index (χ4n) is 2.98. The lowest BCUT2D eigenvalue weighted by Crippen LogP contribution is -2.35. The van der Waals surface area contributed by atoms with Crippen LogP contribution in [-0.4, -0.2) is 32.1 Å². The van der Waals surface area contributed by atoms with Gasteiger partial charge in [-0.3, -0.25) is 14.5 Å². The van der Waals surface area contributed by atoms with Crippen LogP contribution in [0.2, 0.25) is 0 Å². The Kier molecular flexibility index (Phi) is 4.93. The highest BCUT2D eigenvalue weighted by Crippen LogP contribution is 2.29. The Morgan fingerprint density at radius 1 is 1.16 bits per heavy atom. The van der Waals surface area contributed by atoms with Crippen LogP contribution in [0.1, 0.15) is 40.0 Å². The predicted molar refractivity (Wildman–Crippen MR) is 97.2 cm³/mol. The van der Waals surface area contributed by atoms with Crippen LogP contribution in [0.15, 0.2) is 61.2 Å². The first kappa shape index (κ1) is 16.9. The molecule has 0 saturated heterocycles. The molecule has 128 valence electrons. The summed E-state index contributed by atoms with van der Waals surface area (Å²) >= 11 is 0. The molecule has 0 aliphatic rings. The minimum Gasteiger partial charge on any atom is -0.328 e. The molecule has 0 bridgehead atoms. The first-order valence-electron chi connectivity index (χ1n) is 8.36. The predicted octanol–water partition coefficient (Wildman–Crippen LogP) is 3.38. The molecule has 0 N–H and O–H groups in total. The van der Waals surface area contributed by atoms with Crippen molar-refractivity contribution in [3.63, 3.8) is 0 Å². The van der Waals surface area contributed by atoms with E-state index in [0.717, 1.165) is 11.1 Å². The number of amides is 1. The van der Waals surface area contributed by atoms with Crippen LogP contribution in [0.4, 0.5) is 0 Å². The van der Waals surface area contributed by atoms with Gasteiger partial charge >= 0.3 is 0 Å². The molecule has 5 nitrogen and oxygen atoms in total. The molecule has 0 aliphatic carbocycles. The third kappa shape index (κ3) is 3.60. The van der Waals surface area contributed by atoms with E-state index in [1.165, 1.54) is 5.56 Å². The zero-order valence-electron chi connectivity index (χ0n) is 14.8. The van der Waals surface area contributed by atoms with E-state index in [9.17, 15) is 4.79 Å². The van der Waals surface area contributed by atoms with Gasteiger partial charge in [-0.1, -0.05) is 35.9 Å². The van der Waals surface area contributed by atoms with Gasteiger partial charge < -0.3 is 4.90 Å². The van der Waals surface area contributed by atoms with E-state index in [4.69, 9.17) is 0 Å². The minimum atomic E-state index is -0.188. The van der Waals surface area contributed by atoms with Gasteiger partial charge in [-0.15, -0.1) is 0 Å². The topological polar surface area (TPSA) is 51.0 Å². The Labute approximate surface area is 147 Å². The van der Waals surface area contributed by atoms with Crippen molar-refractivity contribution in [1.82, 2.24) is 19.7 Å². The van der Waals surface area contributed by atoms with E-state index in [-0.39, 0.29) is 11.9 Å². The number of aromatic nitrogens is 3. The molecule has 0 aliphatic heterocycles. The van der Waals surface area contributed by atoms with Crippen molar-refractivity contribution in [3.05, 3.63) is 83.4 Å². The molecule has 0 saturated carbocycles. The van der Waals surface area contributed by atoms with Crippen molar-refractivity contribution in [2.45, 2.75) is 19.9 Å². The molecule has 0 spiro atoms. The maximum Gasteiger partial charge on any atom is 0.257 e. The second kappa shape index (κ2) is 7.30. The standard InChI is InChI=1S/C20H22N4O/c1-4-24(20(25)18-13-22-23(3)14-18)19(17-6-5-11-21-12-17)16-9-7-15(2)8-10-16/h5-14,19H,4H2,1-3H3/t19-/m1/s1. The summed E-state index contributed by atoms with van der Waals surface area (Å²) in [4.78, 5) is 19.2. The molecule has 1 amide bonds. The fraction of sp³-hybridized carbons (Fsp3) is 0.250. The van der Waals surface area contributed by atoms with Gasteiger partial charge in [0.05, 0.1) is 17.8 Å². The SMILES string of the molecule is CCN(C(=O)c1cnn(C)c1)[C@H](c1ccc(C)cc1)c1cccnc1. The van der Waals surface area contributed by atoms with Gasteiger partial charge in [0.1, 0.15) is 0 Å². The molecule has 2 heterocycles. The van der Waals surface area contributed by atoms with E-state index in [1.54, 1.807) is 23.3 Å². The van der Waals surface area contributed by atoms with Crippen LogP contribution in [0.5, 0.6) is 0 Å². The summed E-state index contributed by atoms with van der Waals surface area (Å²) in [6.07, 6.45) is 6.93. The Bertz CT molecular complexity index is 840. The number of nitrogens with zero attached hydrogens (tertiary/aromatic N) is 4. The Morgan fingerprint density at radius 3 is 2.48 bits per heavy atom. The van der Waals surface area contributed by atoms with E-state index in [0.29, 0.717) is 12.1 Å². The summed E-state index contributed by atoms with van der Waals surface area (Å²) in [5, 5.41) is 4.13. The van der Waals surface area contributed by atoms with Crippen LogP contribution >= 0.6 is 0 Å². The number of carbonyl (C=O) groups is 1. The molecular weight excluding hydrogens is 312 g/mol. The zero-order valence-corrected chi connectivity index (χ0v) is 14.8. The van der Waals surface area contributed by atoms with Gasteiger partial charge in [-0.2, -0.15) is 5.10 Å². The van der Waals surface area contributed by atoms with E-state index in [1.807, 2.05) is 37.2 Å². The van der Waals surface area contributed by atoms with E-state index >= 15 is 0 Å². The van der Waals surface area contributed by atoms with Crippen LogP contribution in [0.25, 0.3) is 0 Å². The van der Waals surface area contributed by atoms with Crippen molar-refractivity contribution in [3.8, 4) is 0 Å². The summed E-state index contributed by atoms with van der Waals surface area (Å²) in [7, 11) is 1.81. The van der Waals surface area contributed by atoms with Crippen molar-refractivity contribution >= 4 is 5.91 Å². The van der Waals surface area contributed by atoms with Gasteiger partial charge in [0.2, 0.25) is 0 Å². The van der Waals surface area contributed by atoms with Gasteiger partial charge in [-0.25, -0.2) is 0 Å². The second-order valence-electron chi connectivity index (χ2n) is 6.09. The normalized spacial score (nSPS) is 12.0. The van der Waals surface area contributed by atoms with Gasteiger partial charge in [0.25, 0.3) is 5.91 Å². The highest BCUT2D eigenvalue weighted by Gasteiger charge is 2.27. The average Bonchev–Trinajstić information content (AvgIpc) is 3.07. The molecule has 5 heteroatoms. The number of pyridine rings is 1. The molecule has 3 aromatic rings. The number of benzene rings is 1. The third-order valence-corrected chi connectivity index (χ3v) is 4.26. The van der Waals surface area contributed by atoms with Gasteiger partial charge in [0, 0.05) is 32.2 Å².